The first kappa shape index (κ1) is 12.9. The van der Waals surface area contributed by atoms with Crippen molar-refractivity contribution in [3.63, 3.8) is 0 Å². The summed E-state index contributed by atoms with van der Waals surface area (Å²) in [6.07, 6.45) is 0. The van der Waals surface area contributed by atoms with Gasteiger partial charge in [-0.15, -0.1) is 11.3 Å². The molecule has 19 heavy (non-hydrogen) atoms. The van der Waals surface area contributed by atoms with Crippen LogP contribution in [0.3, 0.4) is 0 Å². The minimum Gasteiger partial charge on any atom is -0.323 e. The molecule has 0 aliphatic rings. The van der Waals surface area contributed by atoms with Gasteiger partial charge in [0.05, 0.1) is 19.7 Å². The molecule has 2 heterocycles. The first-order chi connectivity index (χ1) is 9.15. The minimum atomic E-state index is 0.597. The Kier molecular flexibility index (Phi) is 3.46. The Bertz CT molecular complexity index is 712. The molecule has 0 amide bonds. The fourth-order valence-electron chi connectivity index (χ4n) is 2.25. The van der Waals surface area contributed by atoms with Crippen molar-refractivity contribution in [2.45, 2.75) is 20.4 Å². The molecule has 0 saturated heterocycles. The normalized spacial score (nSPS) is 11.6. The van der Waals surface area contributed by atoms with E-state index in [2.05, 4.69) is 64.7 Å². The van der Waals surface area contributed by atoms with Crippen LogP contribution < -0.4 is 0 Å². The molecule has 0 unspecified atom stereocenters. The molecule has 0 N–H and O–H groups in total. The van der Waals surface area contributed by atoms with Crippen molar-refractivity contribution in [1.29, 1.82) is 0 Å². The average Bonchev–Trinajstić information content (AvgIpc) is 2.94. The zero-order valence-electron chi connectivity index (χ0n) is 10.9. The summed E-state index contributed by atoms with van der Waals surface area (Å²) in [7, 11) is 0. The molecule has 0 bridgehead atoms. The highest BCUT2D eigenvalue weighted by Crippen LogP contribution is 2.33. The Balaban J connectivity index is 2.22. The summed E-state index contributed by atoms with van der Waals surface area (Å²) in [5, 5.41) is 0. The Morgan fingerprint density at radius 2 is 2.00 bits per heavy atom. The number of para-hydroxylation sites is 2. The van der Waals surface area contributed by atoms with Crippen LogP contribution in [-0.4, -0.2) is 9.55 Å². The first-order valence-corrected chi connectivity index (χ1v) is 7.97. The van der Waals surface area contributed by atoms with Crippen LogP contribution in [0.4, 0.5) is 0 Å². The summed E-state index contributed by atoms with van der Waals surface area (Å²) in [5.74, 6) is 1.67. The van der Waals surface area contributed by atoms with Gasteiger partial charge < -0.3 is 4.57 Å². The zero-order valence-corrected chi connectivity index (χ0v) is 13.3. The smallest absolute Gasteiger partial charge is 0.151 e. The fourth-order valence-corrected chi connectivity index (χ4v) is 3.63. The van der Waals surface area contributed by atoms with Crippen molar-refractivity contribution in [3.05, 3.63) is 40.2 Å². The number of aromatic nitrogens is 2. The Hall–Kier alpha value is -1.13. The second-order valence-electron chi connectivity index (χ2n) is 5.03. The van der Waals surface area contributed by atoms with Crippen molar-refractivity contribution in [2.75, 3.05) is 0 Å². The van der Waals surface area contributed by atoms with Crippen molar-refractivity contribution < 1.29 is 0 Å². The lowest BCUT2D eigenvalue weighted by molar-refractivity contribution is 0.537. The molecule has 2 aromatic heterocycles. The number of thiophene rings is 1. The Labute approximate surface area is 125 Å². The van der Waals surface area contributed by atoms with E-state index in [9.17, 15) is 0 Å². The van der Waals surface area contributed by atoms with Crippen LogP contribution in [-0.2, 0) is 6.54 Å². The zero-order chi connectivity index (χ0) is 13.4. The van der Waals surface area contributed by atoms with Gasteiger partial charge in [-0.1, -0.05) is 26.0 Å². The molecule has 0 atom stereocenters. The lowest BCUT2D eigenvalue weighted by Crippen LogP contribution is -2.05. The van der Waals surface area contributed by atoms with Crippen LogP contribution in [0.5, 0.6) is 0 Å². The van der Waals surface area contributed by atoms with Crippen LogP contribution in [0.2, 0.25) is 0 Å². The first-order valence-electron chi connectivity index (χ1n) is 6.36. The van der Waals surface area contributed by atoms with Crippen LogP contribution in [0, 0.1) is 5.92 Å². The minimum absolute atomic E-state index is 0.597. The number of fused-ring (bicyclic) bond motifs is 1. The molecule has 0 saturated carbocycles. The van der Waals surface area contributed by atoms with Crippen LogP contribution in [0.25, 0.3) is 21.7 Å². The van der Waals surface area contributed by atoms with Crippen LogP contribution in [0.15, 0.2) is 40.2 Å². The quantitative estimate of drug-likeness (QED) is 0.645. The average molecular weight is 335 g/mol. The van der Waals surface area contributed by atoms with Gasteiger partial charge in [0.25, 0.3) is 0 Å². The van der Waals surface area contributed by atoms with E-state index in [1.165, 1.54) is 10.4 Å². The number of imidazole rings is 1. The number of hydrogen-bond donors (Lipinski definition) is 0. The summed E-state index contributed by atoms with van der Waals surface area (Å²) >= 11 is 5.26. The summed E-state index contributed by atoms with van der Waals surface area (Å²) in [6, 6.07) is 12.6. The maximum Gasteiger partial charge on any atom is 0.151 e. The maximum absolute atomic E-state index is 4.80. The second kappa shape index (κ2) is 5.10. The van der Waals surface area contributed by atoms with Crippen molar-refractivity contribution >= 4 is 38.3 Å². The molecule has 0 fully saturated rings. The highest BCUT2D eigenvalue weighted by atomic mass is 79.9. The van der Waals surface area contributed by atoms with Gasteiger partial charge in [-0.2, -0.15) is 0 Å². The van der Waals surface area contributed by atoms with E-state index in [0.29, 0.717) is 5.92 Å². The highest BCUT2D eigenvalue weighted by Gasteiger charge is 2.14. The fraction of sp³-hybridized carbons (Fsp3) is 0.267. The molecular formula is C15H15BrN2S. The topological polar surface area (TPSA) is 17.8 Å². The number of rotatable bonds is 3. The molecular weight excluding hydrogens is 320 g/mol. The molecule has 0 radical (unpaired) electrons. The molecule has 3 rings (SSSR count). The van der Waals surface area contributed by atoms with Crippen LogP contribution >= 0.6 is 27.3 Å². The molecule has 3 aromatic rings. The molecule has 0 spiro atoms. The molecule has 0 aliphatic carbocycles. The summed E-state index contributed by atoms with van der Waals surface area (Å²) in [6.45, 7) is 5.47. The van der Waals surface area contributed by atoms with Gasteiger partial charge in [0.2, 0.25) is 0 Å². The van der Waals surface area contributed by atoms with Gasteiger partial charge >= 0.3 is 0 Å². The molecule has 2 nitrogen and oxygen atoms in total. The van der Waals surface area contributed by atoms with E-state index in [-0.39, 0.29) is 0 Å². The van der Waals surface area contributed by atoms with Crippen molar-refractivity contribution in [3.8, 4) is 10.7 Å². The van der Waals surface area contributed by atoms with Gasteiger partial charge in [-0.05, 0) is 46.1 Å². The van der Waals surface area contributed by atoms with Gasteiger partial charge in [0.1, 0.15) is 0 Å². The molecule has 98 valence electrons. The molecule has 4 heteroatoms. The SMILES string of the molecule is CC(C)Cn1c(-c2ccc(Br)s2)nc2ccccc21. The summed E-state index contributed by atoms with van der Waals surface area (Å²) in [4.78, 5) is 6.01. The third kappa shape index (κ3) is 2.47. The number of benzene rings is 1. The van der Waals surface area contributed by atoms with E-state index >= 15 is 0 Å². The lowest BCUT2D eigenvalue weighted by atomic mass is 10.2. The Morgan fingerprint density at radius 1 is 1.21 bits per heavy atom. The molecule has 1 aromatic carbocycles. The summed E-state index contributed by atoms with van der Waals surface area (Å²) < 4.78 is 3.48. The van der Waals surface area contributed by atoms with Gasteiger partial charge in [-0.25, -0.2) is 4.98 Å². The second-order valence-corrected chi connectivity index (χ2v) is 7.50. The standard InChI is InChI=1S/C15H15BrN2S/c1-10(2)9-18-12-6-4-3-5-11(12)17-15(18)13-7-8-14(16)19-13/h3-8,10H,9H2,1-2H3. The van der Waals surface area contributed by atoms with Crippen molar-refractivity contribution in [1.82, 2.24) is 9.55 Å². The predicted molar refractivity (Wildman–Crippen MR) is 85.6 cm³/mol. The maximum atomic E-state index is 4.80. The van der Waals surface area contributed by atoms with E-state index in [1.807, 2.05) is 6.07 Å². The Morgan fingerprint density at radius 3 is 2.68 bits per heavy atom. The van der Waals surface area contributed by atoms with E-state index in [4.69, 9.17) is 4.98 Å². The predicted octanol–water partition coefficient (Wildman–Crippen LogP) is 5.18. The van der Waals surface area contributed by atoms with Crippen LogP contribution in [0.1, 0.15) is 13.8 Å². The van der Waals surface area contributed by atoms with E-state index < -0.39 is 0 Å². The van der Waals surface area contributed by atoms with Crippen molar-refractivity contribution in [2.24, 2.45) is 5.92 Å². The number of halogens is 1. The monoisotopic (exact) mass is 334 g/mol. The molecule has 0 aliphatic heterocycles. The lowest BCUT2D eigenvalue weighted by Gasteiger charge is -2.10. The third-order valence-electron chi connectivity index (χ3n) is 3.00. The van der Waals surface area contributed by atoms with E-state index in [1.54, 1.807) is 11.3 Å². The van der Waals surface area contributed by atoms with Gasteiger partial charge in [-0.3, -0.25) is 0 Å². The third-order valence-corrected chi connectivity index (χ3v) is 4.62. The largest absolute Gasteiger partial charge is 0.323 e. The van der Waals surface area contributed by atoms with Gasteiger partial charge in [0, 0.05) is 6.54 Å². The van der Waals surface area contributed by atoms with E-state index in [0.717, 1.165) is 21.7 Å². The van der Waals surface area contributed by atoms with Gasteiger partial charge in [0.15, 0.2) is 5.82 Å². The number of nitrogens with zero attached hydrogens (tertiary/aromatic N) is 2. The number of hydrogen-bond acceptors (Lipinski definition) is 2. The highest BCUT2D eigenvalue weighted by molar-refractivity contribution is 9.11. The summed E-state index contributed by atoms with van der Waals surface area (Å²) in [5.41, 5.74) is 2.29.